The summed E-state index contributed by atoms with van der Waals surface area (Å²) in [6.45, 7) is 3.16. The van der Waals surface area contributed by atoms with Crippen LogP contribution in [0.1, 0.15) is 33.1 Å². The molecule has 0 saturated heterocycles. The molecule has 29 heavy (non-hydrogen) atoms. The average molecular weight is 436 g/mol. The van der Waals surface area contributed by atoms with Crippen molar-refractivity contribution in [2.75, 3.05) is 18.9 Å². The summed E-state index contributed by atoms with van der Waals surface area (Å²) in [6, 6.07) is -4.41. The highest BCUT2D eigenvalue weighted by atomic mass is 32.1. The van der Waals surface area contributed by atoms with Crippen LogP contribution in [0.4, 0.5) is 0 Å². The summed E-state index contributed by atoms with van der Waals surface area (Å²) >= 11 is 4.01. The van der Waals surface area contributed by atoms with Crippen molar-refractivity contribution in [2.45, 2.75) is 57.3 Å². The fraction of sp³-hybridized carbons (Fsp3) is 0.765. The third-order valence-corrected chi connectivity index (χ3v) is 4.58. The Labute approximate surface area is 175 Å². The van der Waals surface area contributed by atoms with Gasteiger partial charge in [-0.05, 0) is 31.7 Å². The van der Waals surface area contributed by atoms with E-state index < -0.39 is 54.5 Å². The molecule has 0 aromatic carbocycles. The molecule has 0 spiro atoms. The number of carbonyl (C=O) groups excluding carboxylic acids is 3. The molecule has 0 aliphatic rings. The van der Waals surface area contributed by atoms with Crippen molar-refractivity contribution < 1.29 is 29.4 Å². The molecule has 9 N–H and O–H groups in total. The number of aliphatic carboxylic acids is 1. The molecule has 3 amide bonds. The summed E-state index contributed by atoms with van der Waals surface area (Å²) in [5, 5.41) is 25.1. The molecule has 4 atom stereocenters. The molecule has 0 rings (SSSR count). The molecule has 12 heteroatoms. The first-order chi connectivity index (χ1) is 13.6. The number of hydrogen-bond acceptors (Lipinski definition) is 8. The van der Waals surface area contributed by atoms with Crippen LogP contribution < -0.4 is 27.4 Å². The summed E-state index contributed by atoms with van der Waals surface area (Å²) in [4.78, 5) is 48.1. The highest BCUT2D eigenvalue weighted by Crippen LogP contribution is 2.05. The molecule has 0 aromatic rings. The van der Waals surface area contributed by atoms with Crippen LogP contribution in [-0.4, -0.2) is 77.0 Å². The summed E-state index contributed by atoms with van der Waals surface area (Å²) in [5.41, 5.74) is 11.3. The number of hydrogen-bond donors (Lipinski definition) is 8. The number of carboxylic acids is 1. The first-order valence-corrected chi connectivity index (χ1v) is 10.0. The first-order valence-electron chi connectivity index (χ1n) is 9.40. The largest absolute Gasteiger partial charge is 0.480 e. The molecule has 0 saturated carbocycles. The predicted octanol–water partition coefficient (Wildman–Crippen LogP) is -2.44. The molecule has 0 aliphatic carbocycles. The van der Waals surface area contributed by atoms with E-state index in [4.69, 9.17) is 21.7 Å². The van der Waals surface area contributed by atoms with Gasteiger partial charge in [-0.25, -0.2) is 4.79 Å². The van der Waals surface area contributed by atoms with E-state index >= 15 is 0 Å². The standard InChI is InChI=1S/C17H33N5O6S/c1-9(2)13(19)16(26)20-10(5-3-4-6-18)14(24)22-12(8-29)15(25)21-11(7-23)17(27)28/h9-13,23,29H,3-8,18-19H2,1-2H3,(H,20,26)(H,21,25)(H,22,24)(H,27,28). The molecular formula is C17H33N5O6S. The fourth-order valence-electron chi connectivity index (χ4n) is 2.26. The van der Waals surface area contributed by atoms with Gasteiger partial charge in [-0.3, -0.25) is 14.4 Å². The van der Waals surface area contributed by atoms with Gasteiger partial charge in [0, 0.05) is 5.75 Å². The number of amides is 3. The number of aliphatic hydroxyl groups excluding tert-OH is 1. The van der Waals surface area contributed by atoms with Gasteiger partial charge in [0.15, 0.2) is 0 Å². The smallest absolute Gasteiger partial charge is 0.328 e. The number of nitrogens with one attached hydrogen (secondary N) is 3. The fourth-order valence-corrected chi connectivity index (χ4v) is 2.51. The third-order valence-electron chi connectivity index (χ3n) is 4.21. The van der Waals surface area contributed by atoms with Gasteiger partial charge in [-0.2, -0.15) is 12.6 Å². The monoisotopic (exact) mass is 435 g/mol. The Morgan fingerprint density at radius 1 is 0.931 bits per heavy atom. The minimum atomic E-state index is -1.51. The topological polar surface area (TPSA) is 197 Å². The molecule has 0 heterocycles. The maximum absolute atomic E-state index is 12.7. The zero-order valence-electron chi connectivity index (χ0n) is 16.8. The Balaban J connectivity index is 5.15. The maximum atomic E-state index is 12.7. The lowest BCUT2D eigenvalue weighted by Gasteiger charge is -2.25. The molecule has 4 unspecified atom stereocenters. The van der Waals surface area contributed by atoms with E-state index in [1.54, 1.807) is 13.8 Å². The van der Waals surface area contributed by atoms with E-state index in [0.29, 0.717) is 19.4 Å². The van der Waals surface area contributed by atoms with Crippen LogP contribution in [0.3, 0.4) is 0 Å². The normalized spacial score (nSPS) is 15.1. The molecule has 0 aromatic heterocycles. The van der Waals surface area contributed by atoms with Crippen molar-refractivity contribution in [1.29, 1.82) is 0 Å². The minimum absolute atomic E-state index is 0.121. The van der Waals surface area contributed by atoms with Gasteiger partial charge in [-0.1, -0.05) is 13.8 Å². The third kappa shape index (κ3) is 9.92. The van der Waals surface area contributed by atoms with Crippen molar-refractivity contribution in [3.05, 3.63) is 0 Å². The Hall–Kier alpha value is -1.89. The van der Waals surface area contributed by atoms with Gasteiger partial charge in [0.2, 0.25) is 17.7 Å². The van der Waals surface area contributed by atoms with E-state index in [2.05, 4.69) is 28.6 Å². The highest BCUT2D eigenvalue weighted by Gasteiger charge is 2.29. The van der Waals surface area contributed by atoms with Crippen LogP contribution in [0.15, 0.2) is 0 Å². The zero-order valence-corrected chi connectivity index (χ0v) is 17.7. The van der Waals surface area contributed by atoms with E-state index in [1.807, 2.05) is 0 Å². The number of rotatable bonds is 14. The Bertz CT molecular complexity index is 562. The van der Waals surface area contributed by atoms with Crippen LogP contribution in [-0.2, 0) is 19.2 Å². The number of carboxylic acid groups (broad SMARTS) is 1. The van der Waals surface area contributed by atoms with Crippen LogP contribution in [0.25, 0.3) is 0 Å². The van der Waals surface area contributed by atoms with E-state index in [9.17, 15) is 19.2 Å². The Kier molecular flexibility index (Phi) is 13.2. The lowest BCUT2D eigenvalue weighted by molar-refractivity contribution is -0.143. The quantitative estimate of drug-likeness (QED) is 0.109. The molecule has 0 aliphatic heterocycles. The van der Waals surface area contributed by atoms with Crippen molar-refractivity contribution in [3.63, 3.8) is 0 Å². The number of aliphatic hydroxyl groups is 1. The van der Waals surface area contributed by atoms with Gasteiger partial charge in [-0.15, -0.1) is 0 Å². The lowest BCUT2D eigenvalue weighted by atomic mass is 10.0. The van der Waals surface area contributed by atoms with Gasteiger partial charge < -0.3 is 37.6 Å². The van der Waals surface area contributed by atoms with Crippen LogP contribution in [0.2, 0.25) is 0 Å². The van der Waals surface area contributed by atoms with Gasteiger partial charge >= 0.3 is 5.97 Å². The van der Waals surface area contributed by atoms with Crippen LogP contribution in [0.5, 0.6) is 0 Å². The summed E-state index contributed by atoms with van der Waals surface area (Å²) < 4.78 is 0. The molecule has 0 bridgehead atoms. The van der Waals surface area contributed by atoms with E-state index in [1.165, 1.54) is 0 Å². The average Bonchev–Trinajstić information content (AvgIpc) is 2.67. The molecule has 168 valence electrons. The first kappa shape index (κ1) is 27.1. The Morgan fingerprint density at radius 2 is 1.45 bits per heavy atom. The SMILES string of the molecule is CC(C)C(N)C(=O)NC(CCCCN)C(=O)NC(CS)C(=O)NC(CO)C(=O)O. The van der Waals surface area contributed by atoms with Crippen molar-refractivity contribution >= 4 is 36.3 Å². The van der Waals surface area contributed by atoms with Gasteiger partial charge in [0.1, 0.15) is 18.1 Å². The number of carbonyl (C=O) groups is 4. The van der Waals surface area contributed by atoms with E-state index in [0.717, 1.165) is 0 Å². The summed E-state index contributed by atoms with van der Waals surface area (Å²) in [5.74, 6) is -3.61. The summed E-state index contributed by atoms with van der Waals surface area (Å²) in [7, 11) is 0. The molecule has 0 radical (unpaired) electrons. The second-order valence-electron chi connectivity index (χ2n) is 6.94. The Morgan fingerprint density at radius 3 is 1.90 bits per heavy atom. The highest BCUT2D eigenvalue weighted by molar-refractivity contribution is 7.80. The van der Waals surface area contributed by atoms with Gasteiger partial charge in [0.05, 0.1) is 12.6 Å². The van der Waals surface area contributed by atoms with Crippen LogP contribution in [0, 0.1) is 5.92 Å². The predicted molar refractivity (Wildman–Crippen MR) is 110 cm³/mol. The summed E-state index contributed by atoms with van der Waals surface area (Å²) in [6.07, 6.45) is 1.49. The van der Waals surface area contributed by atoms with Crippen molar-refractivity contribution in [3.8, 4) is 0 Å². The second-order valence-corrected chi connectivity index (χ2v) is 7.31. The number of thiol groups is 1. The van der Waals surface area contributed by atoms with Crippen LogP contribution >= 0.6 is 12.6 Å². The molecule has 11 nitrogen and oxygen atoms in total. The second kappa shape index (κ2) is 14.1. The number of unbranched alkanes of at least 4 members (excludes halogenated alkanes) is 1. The zero-order chi connectivity index (χ0) is 22.6. The number of nitrogens with two attached hydrogens (primary N) is 2. The van der Waals surface area contributed by atoms with Gasteiger partial charge in [0.25, 0.3) is 0 Å². The maximum Gasteiger partial charge on any atom is 0.328 e. The van der Waals surface area contributed by atoms with Crippen molar-refractivity contribution in [2.24, 2.45) is 17.4 Å². The minimum Gasteiger partial charge on any atom is -0.480 e. The van der Waals surface area contributed by atoms with Crippen molar-refractivity contribution in [1.82, 2.24) is 16.0 Å². The lowest BCUT2D eigenvalue weighted by Crippen LogP contribution is -2.58. The van der Waals surface area contributed by atoms with E-state index in [-0.39, 0.29) is 18.1 Å². The molecular weight excluding hydrogens is 402 g/mol. The molecule has 0 fully saturated rings.